The highest BCUT2D eigenvalue weighted by Crippen LogP contribution is 2.41. The van der Waals surface area contributed by atoms with Crippen LogP contribution in [0.5, 0.6) is 5.75 Å². The van der Waals surface area contributed by atoms with Gasteiger partial charge < -0.3 is 39.6 Å². The summed E-state index contributed by atoms with van der Waals surface area (Å²) in [4.78, 5) is 102. The number of likely N-dealkylation sites (tertiary alicyclic amines) is 2. The van der Waals surface area contributed by atoms with Gasteiger partial charge in [-0.05, 0) is 74.5 Å². The molecule has 1 spiro atoms. The highest BCUT2D eigenvalue weighted by atomic mass is 32.1. The largest absolute Gasteiger partial charge is 0.481 e. The fraction of sp³-hybridized carbons (Fsp3) is 0.453. The molecule has 21 nitrogen and oxygen atoms in total. The maximum atomic E-state index is 14.1. The molecule has 2 atom stereocenters. The molecule has 0 radical (unpaired) electrons. The average molecular weight is 1040 g/mol. The van der Waals surface area contributed by atoms with Gasteiger partial charge in [-0.2, -0.15) is 0 Å². The van der Waals surface area contributed by atoms with Crippen molar-refractivity contribution in [2.45, 2.75) is 92.0 Å². The lowest BCUT2D eigenvalue weighted by atomic mass is 9.72. The van der Waals surface area contributed by atoms with E-state index in [1.165, 1.54) is 4.90 Å². The lowest BCUT2D eigenvalue weighted by Gasteiger charge is -2.53. The van der Waals surface area contributed by atoms with Crippen LogP contribution in [0.4, 0.5) is 22.2 Å². The summed E-state index contributed by atoms with van der Waals surface area (Å²) in [7, 11) is 1.62. The smallest absolute Gasteiger partial charge is 0.414 e. The zero-order chi connectivity index (χ0) is 53.0. The monoisotopic (exact) mass is 1040 g/mol. The summed E-state index contributed by atoms with van der Waals surface area (Å²) in [5.41, 5.74) is 6.72. The molecule has 394 valence electrons. The number of carbonyl (C=O) groups excluding carboxylic acids is 5. The quantitative estimate of drug-likeness (QED) is 0.105. The summed E-state index contributed by atoms with van der Waals surface area (Å²) in [6.45, 7) is 15.0. The summed E-state index contributed by atoms with van der Waals surface area (Å²) < 4.78 is 12.9. The van der Waals surface area contributed by atoms with Crippen molar-refractivity contribution in [2.24, 2.45) is 10.8 Å². The van der Waals surface area contributed by atoms with Crippen molar-refractivity contribution in [2.75, 3.05) is 68.0 Å². The van der Waals surface area contributed by atoms with Gasteiger partial charge in [-0.3, -0.25) is 38.9 Å². The third-order valence-electron chi connectivity index (χ3n) is 13.9. The van der Waals surface area contributed by atoms with Gasteiger partial charge in [-0.25, -0.2) is 24.7 Å². The second-order valence-electron chi connectivity index (χ2n) is 21.0. The Morgan fingerprint density at radius 2 is 1.65 bits per heavy atom. The third-order valence-corrected chi connectivity index (χ3v) is 14.9. The SMILES string of the molecule is Cc1ncsc1-c1ccc(CNC(=O)C2CCCN2C(=O)C(NC(=O)COc2cnc(N3CCC4(CC3)CN(CC(=O)Nc3cn5cc(-c6cncc(N(C)C(=O)OC(C)C)c6)ncc5n3)C4)nc2)C(C)(C)C)cc1. The number of benzene rings is 1. The minimum absolute atomic E-state index is 0.109. The summed E-state index contributed by atoms with van der Waals surface area (Å²) >= 11 is 1.59. The number of piperidine rings is 1. The predicted molar refractivity (Wildman–Crippen MR) is 283 cm³/mol. The Kier molecular flexibility index (Phi) is 15.4. The normalized spacial score (nSPS) is 16.9. The van der Waals surface area contributed by atoms with Gasteiger partial charge in [0.2, 0.25) is 23.7 Å². The second-order valence-corrected chi connectivity index (χ2v) is 21.9. The van der Waals surface area contributed by atoms with E-state index in [4.69, 9.17) is 9.47 Å². The van der Waals surface area contributed by atoms with Crippen LogP contribution in [0.25, 0.3) is 27.3 Å². The first-order chi connectivity index (χ1) is 35.9. The molecule has 0 saturated carbocycles. The molecule has 3 aliphatic heterocycles. The van der Waals surface area contributed by atoms with Crippen LogP contribution in [0.2, 0.25) is 0 Å². The van der Waals surface area contributed by atoms with Crippen molar-refractivity contribution in [3.05, 3.63) is 90.5 Å². The topological polar surface area (TPSA) is 235 Å². The molecule has 0 bridgehead atoms. The first-order valence-corrected chi connectivity index (χ1v) is 26.1. The second kappa shape index (κ2) is 22.1. The van der Waals surface area contributed by atoms with E-state index in [-0.39, 0.29) is 42.4 Å². The van der Waals surface area contributed by atoms with Crippen LogP contribution >= 0.6 is 11.3 Å². The van der Waals surface area contributed by atoms with Crippen LogP contribution in [0.15, 0.2) is 79.2 Å². The van der Waals surface area contributed by atoms with E-state index in [9.17, 15) is 24.0 Å². The molecule has 5 amide bonds. The van der Waals surface area contributed by atoms with E-state index >= 15 is 0 Å². The molecule has 8 heterocycles. The van der Waals surface area contributed by atoms with Crippen LogP contribution in [0.1, 0.15) is 71.6 Å². The van der Waals surface area contributed by atoms with Gasteiger partial charge in [0, 0.05) is 64.3 Å². The minimum atomic E-state index is -0.892. The number of aromatic nitrogens is 7. The molecule has 75 heavy (non-hydrogen) atoms. The number of hydrogen-bond donors (Lipinski definition) is 3. The van der Waals surface area contributed by atoms with Gasteiger partial charge in [0.25, 0.3) is 5.91 Å². The summed E-state index contributed by atoms with van der Waals surface area (Å²) in [6, 6.07) is 8.29. The number of nitrogens with zero attached hydrogens (tertiary/aromatic N) is 11. The molecule has 3 fully saturated rings. The number of aryl methyl sites for hydroxylation is 1. The molecule has 3 aliphatic rings. The van der Waals surface area contributed by atoms with Crippen molar-refractivity contribution in [1.29, 1.82) is 0 Å². The van der Waals surface area contributed by atoms with E-state index in [1.807, 2.05) is 57.5 Å². The van der Waals surface area contributed by atoms with Crippen LogP contribution in [0.3, 0.4) is 0 Å². The van der Waals surface area contributed by atoms with E-state index in [0.717, 1.165) is 60.7 Å². The number of imidazole rings is 1. The molecular weight excluding hydrogens is 977 g/mol. The number of pyridine rings is 1. The van der Waals surface area contributed by atoms with Gasteiger partial charge in [-0.15, -0.1) is 11.3 Å². The standard InChI is InChI=1S/C53H64N14O7S/c1-33(2)74-51(72)63(7)38-19-37(21-54-22-38)40-26-66-27-42(60-43(66)25-55-40)61-44(68)28-64-30-53(31-64)14-17-65(18-15-53)50-57-23-39(24-58-50)73-29-45(69)62-47(52(4,5)6)49(71)67-16-8-9-41(67)48(70)56-20-35-10-12-36(13-11-35)46-34(3)59-32-75-46/h10-13,19,21-27,32-33,41,47H,8-9,14-18,20,28-31H2,1-7H3,(H,56,70)(H,61,68)(H,62,69). The van der Waals surface area contributed by atoms with Gasteiger partial charge in [-0.1, -0.05) is 45.0 Å². The van der Waals surface area contributed by atoms with Crippen LogP contribution < -0.4 is 30.5 Å². The number of nitrogens with one attached hydrogen (secondary N) is 3. The first kappa shape index (κ1) is 52.3. The molecule has 6 aromatic rings. The third kappa shape index (κ3) is 12.3. The predicted octanol–water partition coefficient (Wildman–Crippen LogP) is 5.75. The zero-order valence-corrected chi connectivity index (χ0v) is 44.2. The van der Waals surface area contributed by atoms with E-state index in [2.05, 4.69) is 55.7 Å². The molecule has 1 aromatic carbocycles. The van der Waals surface area contributed by atoms with E-state index < -0.39 is 29.5 Å². The van der Waals surface area contributed by atoms with Gasteiger partial charge in [0.15, 0.2) is 23.8 Å². The number of rotatable bonds is 16. The molecule has 2 unspecified atom stereocenters. The Balaban J connectivity index is 0.695. The van der Waals surface area contributed by atoms with Crippen molar-refractivity contribution in [3.63, 3.8) is 0 Å². The summed E-state index contributed by atoms with van der Waals surface area (Å²) in [5.74, 6) is 0.137. The van der Waals surface area contributed by atoms with Gasteiger partial charge >= 0.3 is 6.09 Å². The highest BCUT2D eigenvalue weighted by Gasteiger charge is 2.46. The maximum absolute atomic E-state index is 14.1. The fourth-order valence-electron chi connectivity index (χ4n) is 9.82. The highest BCUT2D eigenvalue weighted by molar-refractivity contribution is 7.13. The first-order valence-electron chi connectivity index (χ1n) is 25.2. The molecule has 9 rings (SSSR count). The molecule has 3 N–H and O–H groups in total. The van der Waals surface area contributed by atoms with Crippen LogP contribution in [-0.2, 0) is 30.5 Å². The van der Waals surface area contributed by atoms with Crippen LogP contribution in [-0.4, -0.2) is 145 Å². The molecule has 0 aliphatic carbocycles. The van der Waals surface area contributed by atoms with Crippen molar-refractivity contribution >= 4 is 64.2 Å². The lowest BCUT2D eigenvalue weighted by Crippen LogP contribution is -2.61. The molecular formula is C53H64N14O7S. The number of carbonyl (C=O) groups is 5. The maximum Gasteiger partial charge on any atom is 0.414 e. The Morgan fingerprint density at radius 1 is 0.907 bits per heavy atom. The molecule has 3 saturated heterocycles. The number of fused-ring (bicyclic) bond motifs is 1. The Hall–Kier alpha value is -7.59. The Labute approximate surface area is 439 Å². The van der Waals surface area contributed by atoms with Gasteiger partial charge in [0.05, 0.1) is 71.1 Å². The molecule has 22 heteroatoms. The number of amides is 5. The fourth-order valence-corrected chi connectivity index (χ4v) is 10.6. The Bertz CT molecular complexity index is 3030. The summed E-state index contributed by atoms with van der Waals surface area (Å²) in [5, 5.41) is 8.83. The van der Waals surface area contributed by atoms with E-state index in [1.54, 1.807) is 91.0 Å². The zero-order valence-electron chi connectivity index (χ0n) is 43.4. The number of ether oxygens (including phenoxy) is 2. The minimum Gasteiger partial charge on any atom is -0.481 e. The number of anilines is 3. The number of thiazole rings is 1. The Morgan fingerprint density at radius 3 is 2.35 bits per heavy atom. The van der Waals surface area contributed by atoms with Crippen LogP contribution in [0, 0.1) is 17.8 Å². The van der Waals surface area contributed by atoms with Crippen molar-refractivity contribution in [3.8, 4) is 27.4 Å². The van der Waals surface area contributed by atoms with Gasteiger partial charge in [0.1, 0.15) is 12.1 Å². The molecule has 5 aromatic heterocycles. The van der Waals surface area contributed by atoms with Crippen molar-refractivity contribution < 1.29 is 33.4 Å². The van der Waals surface area contributed by atoms with E-state index in [0.29, 0.717) is 66.0 Å². The number of hydrogen-bond acceptors (Lipinski definition) is 16. The summed E-state index contributed by atoms with van der Waals surface area (Å²) in [6.07, 6.45) is 13.8. The van der Waals surface area contributed by atoms with Crippen molar-refractivity contribution in [1.82, 2.24) is 54.7 Å². The lowest BCUT2D eigenvalue weighted by molar-refractivity contribution is -0.144. The average Bonchev–Trinajstić information content (AvgIpc) is 4.16.